The highest BCUT2D eigenvalue weighted by atomic mass is 16.3. The summed E-state index contributed by atoms with van der Waals surface area (Å²) in [6, 6.07) is 0. The molecule has 0 aliphatic heterocycles. The second-order valence-electron chi connectivity index (χ2n) is 8.93. The predicted octanol–water partition coefficient (Wildman–Crippen LogP) is 4.08. The van der Waals surface area contributed by atoms with Crippen LogP contribution in [0, 0.1) is 28.1 Å². The molecule has 2 nitrogen and oxygen atoms in total. The Morgan fingerprint density at radius 2 is 2.00 bits per heavy atom. The number of hydrogen-bond donors (Lipinski definition) is 2. The highest BCUT2D eigenvalue weighted by Crippen LogP contribution is 2.63. The van der Waals surface area contributed by atoms with Crippen LogP contribution in [0.1, 0.15) is 59.3 Å². The molecule has 0 saturated heterocycles. The van der Waals surface area contributed by atoms with Crippen LogP contribution in [-0.4, -0.2) is 22.9 Å². The second kappa shape index (κ2) is 5.21. The summed E-state index contributed by atoms with van der Waals surface area (Å²) in [5.41, 5.74) is 1.62. The van der Waals surface area contributed by atoms with Gasteiger partial charge in [0.2, 0.25) is 0 Å². The lowest BCUT2D eigenvalue weighted by Gasteiger charge is -2.61. The second-order valence-corrected chi connectivity index (χ2v) is 8.93. The van der Waals surface area contributed by atoms with Crippen molar-refractivity contribution in [2.75, 3.05) is 6.61 Å². The van der Waals surface area contributed by atoms with Crippen molar-refractivity contribution >= 4 is 0 Å². The number of rotatable bonds is 2. The molecular formula is C20H32O2. The average molecular weight is 304 g/mol. The van der Waals surface area contributed by atoms with E-state index in [2.05, 4.69) is 39.5 Å². The van der Waals surface area contributed by atoms with Gasteiger partial charge in [-0.25, -0.2) is 0 Å². The minimum absolute atomic E-state index is 0.0464. The van der Waals surface area contributed by atoms with E-state index < -0.39 is 0 Å². The summed E-state index contributed by atoms with van der Waals surface area (Å²) in [4.78, 5) is 0. The molecule has 0 bridgehead atoms. The Hall–Kier alpha value is -0.600. The summed E-state index contributed by atoms with van der Waals surface area (Å²) in [7, 11) is 0. The normalized spacial score (nSPS) is 51.5. The molecular weight excluding hydrogens is 272 g/mol. The van der Waals surface area contributed by atoms with E-state index in [-0.39, 0.29) is 29.0 Å². The van der Waals surface area contributed by atoms with Crippen LogP contribution in [0.4, 0.5) is 0 Å². The molecule has 3 rings (SSSR count). The summed E-state index contributed by atoms with van der Waals surface area (Å²) in [5, 5.41) is 20.9. The van der Waals surface area contributed by atoms with Crippen LogP contribution in [0.15, 0.2) is 24.3 Å². The van der Waals surface area contributed by atoms with Crippen LogP contribution in [0.3, 0.4) is 0 Å². The van der Waals surface area contributed by atoms with Crippen molar-refractivity contribution in [2.45, 2.75) is 65.4 Å². The van der Waals surface area contributed by atoms with Crippen LogP contribution in [0.25, 0.3) is 0 Å². The van der Waals surface area contributed by atoms with Gasteiger partial charge < -0.3 is 10.2 Å². The highest BCUT2D eigenvalue weighted by Gasteiger charge is 2.59. The van der Waals surface area contributed by atoms with Crippen molar-refractivity contribution in [3.8, 4) is 0 Å². The van der Waals surface area contributed by atoms with Crippen molar-refractivity contribution in [3.05, 3.63) is 24.3 Å². The van der Waals surface area contributed by atoms with E-state index in [1.165, 1.54) is 5.57 Å². The Kier molecular flexibility index (Phi) is 3.85. The first kappa shape index (κ1) is 16.3. The summed E-state index contributed by atoms with van der Waals surface area (Å²) in [5.74, 6) is 0.857. The first-order valence-electron chi connectivity index (χ1n) is 8.90. The highest BCUT2D eigenvalue weighted by molar-refractivity contribution is 5.26. The molecule has 0 radical (unpaired) electrons. The molecule has 2 N–H and O–H groups in total. The molecule has 124 valence electrons. The van der Waals surface area contributed by atoms with Crippen LogP contribution < -0.4 is 0 Å². The molecule has 0 aromatic carbocycles. The van der Waals surface area contributed by atoms with E-state index in [0.717, 1.165) is 38.5 Å². The van der Waals surface area contributed by atoms with Gasteiger partial charge in [0.25, 0.3) is 0 Å². The summed E-state index contributed by atoms with van der Waals surface area (Å²) in [6.45, 7) is 11.1. The smallest absolute Gasteiger partial charge is 0.0602 e. The zero-order valence-electron chi connectivity index (χ0n) is 14.4. The minimum Gasteiger partial charge on any atom is -0.396 e. The van der Waals surface area contributed by atoms with Gasteiger partial charge in [0, 0.05) is 12.0 Å². The van der Waals surface area contributed by atoms with Crippen molar-refractivity contribution in [2.24, 2.45) is 28.1 Å². The third-order valence-corrected chi connectivity index (χ3v) is 7.58. The molecule has 2 fully saturated rings. The first-order chi connectivity index (χ1) is 10.3. The van der Waals surface area contributed by atoms with Crippen LogP contribution in [0.2, 0.25) is 0 Å². The Morgan fingerprint density at radius 1 is 1.27 bits per heavy atom. The third kappa shape index (κ3) is 2.14. The molecule has 3 aliphatic rings. The Balaban J connectivity index is 1.99. The van der Waals surface area contributed by atoms with Gasteiger partial charge in [-0.15, -0.1) is 6.58 Å². The monoisotopic (exact) mass is 304 g/mol. The molecule has 0 unspecified atom stereocenters. The number of aliphatic hydroxyl groups is 2. The Bertz CT molecular complexity index is 496. The zero-order chi connectivity index (χ0) is 16.2. The van der Waals surface area contributed by atoms with Gasteiger partial charge in [-0.1, -0.05) is 38.5 Å². The van der Waals surface area contributed by atoms with Gasteiger partial charge in [-0.2, -0.15) is 0 Å². The Labute approximate surface area is 135 Å². The maximum absolute atomic E-state index is 10.9. The maximum Gasteiger partial charge on any atom is 0.0602 e. The number of aliphatic hydroxyl groups excluding tert-OH is 2. The molecule has 0 spiro atoms. The average Bonchev–Trinajstić information content (AvgIpc) is 2.51. The lowest BCUT2D eigenvalue weighted by atomic mass is 9.44. The zero-order valence-corrected chi connectivity index (χ0v) is 14.4. The third-order valence-electron chi connectivity index (χ3n) is 7.58. The minimum atomic E-state index is -0.237. The molecule has 22 heavy (non-hydrogen) atoms. The van der Waals surface area contributed by atoms with Crippen molar-refractivity contribution in [1.82, 2.24) is 0 Å². The van der Waals surface area contributed by atoms with Gasteiger partial charge in [0.1, 0.15) is 0 Å². The standard InChI is InChI=1S/C20H32O2/c1-5-18(2)10-8-15-14(12-18)6-7-16-19(3,13-21)11-9-17(22)20(15,16)4/h5-6,15-17,21-22H,1,7-13H2,2-4H3/t15-,16-,17+,18-,19+,20+/m0/s1. The maximum atomic E-state index is 10.9. The van der Waals surface area contributed by atoms with Gasteiger partial charge in [0.15, 0.2) is 0 Å². The fourth-order valence-corrected chi connectivity index (χ4v) is 5.84. The van der Waals surface area contributed by atoms with E-state index in [9.17, 15) is 10.2 Å². The van der Waals surface area contributed by atoms with Crippen LogP contribution in [-0.2, 0) is 0 Å². The molecule has 6 atom stereocenters. The number of allylic oxidation sites excluding steroid dienone is 3. The SMILES string of the molecule is C=C[C@@]1(C)CC[C@H]2C(=CC[C@H]3[C@@](C)(CO)CC[C@@H](O)[C@]23C)C1. The predicted molar refractivity (Wildman–Crippen MR) is 90.4 cm³/mol. The first-order valence-corrected chi connectivity index (χ1v) is 8.90. The molecule has 0 heterocycles. The fraction of sp³-hybridized carbons (Fsp3) is 0.800. The topological polar surface area (TPSA) is 40.5 Å². The number of hydrogen-bond acceptors (Lipinski definition) is 2. The largest absolute Gasteiger partial charge is 0.396 e. The summed E-state index contributed by atoms with van der Waals surface area (Å²) >= 11 is 0. The lowest BCUT2D eigenvalue weighted by molar-refractivity contribution is -0.151. The van der Waals surface area contributed by atoms with Crippen molar-refractivity contribution in [1.29, 1.82) is 0 Å². The van der Waals surface area contributed by atoms with Gasteiger partial charge in [0.05, 0.1) is 6.10 Å². The summed E-state index contributed by atoms with van der Waals surface area (Å²) < 4.78 is 0. The molecule has 0 aromatic heterocycles. The number of fused-ring (bicyclic) bond motifs is 3. The summed E-state index contributed by atoms with van der Waals surface area (Å²) in [6.07, 6.45) is 10.5. The molecule has 2 saturated carbocycles. The van der Waals surface area contributed by atoms with Crippen molar-refractivity contribution in [3.63, 3.8) is 0 Å². The molecule has 3 aliphatic carbocycles. The van der Waals surface area contributed by atoms with E-state index in [0.29, 0.717) is 11.8 Å². The van der Waals surface area contributed by atoms with E-state index in [1.54, 1.807) is 0 Å². The van der Waals surface area contributed by atoms with E-state index in [4.69, 9.17) is 0 Å². The fourth-order valence-electron chi connectivity index (χ4n) is 5.84. The van der Waals surface area contributed by atoms with Gasteiger partial charge in [-0.05, 0) is 61.2 Å². The van der Waals surface area contributed by atoms with Crippen LogP contribution >= 0.6 is 0 Å². The Morgan fingerprint density at radius 3 is 2.64 bits per heavy atom. The molecule has 2 heteroatoms. The van der Waals surface area contributed by atoms with Gasteiger partial charge in [-0.3, -0.25) is 0 Å². The molecule has 0 aromatic rings. The van der Waals surface area contributed by atoms with E-state index >= 15 is 0 Å². The van der Waals surface area contributed by atoms with Crippen molar-refractivity contribution < 1.29 is 10.2 Å². The van der Waals surface area contributed by atoms with Gasteiger partial charge >= 0.3 is 0 Å². The van der Waals surface area contributed by atoms with E-state index in [1.807, 2.05) is 0 Å². The lowest BCUT2D eigenvalue weighted by Crippen LogP contribution is -2.58. The van der Waals surface area contributed by atoms with Crippen LogP contribution in [0.5, 0.6) is 0 Å². The molecule has 0 amide bonds. The quantitative estimate of drug-likeness (QED) is 0.755.